The van der Waals surface area contributed by atoms with E-state index in [2.05, 4.69) is 5.32 Å². The molecule has 114 valence electrons. The molecule has 2 aliphatic rings. The molecule has 0 saturated carbocycles. The van der Waals surface area contributed by atoms with Crippen LogP contribution >= 0.6 is 0 Å². The molecule has 0 aliphatic carbocycles. The van der Waals surface area contributed by atoms with Crippen LogP contribution in [0.25, 0.3) is 0 Å². The Kier molecular flexibility index (Phi) is 4.44. The largest absolute Gasteiger partial charge is 0.492 e. The molecule has 1 fully saturated rings. The van der Waals surface area contributed by atoms with Crippen molar-refractivity contribution in [2.24, 2.45) is 0 Å². The van der Waals surface area contributed by atoms with Gasteiger partial charge in [-0.25, -0.2) is 0 Å². The molecule has 3 rings (SSSR count). The zero-order valence-corrected chi connectivity index (χ0v) is 12.7. The van der Waals surface area contributed by atoms with E-state index < -0.39 is 0 Å². The van der Waals surface area contributed by atoms with Crippen LogP contribution in [0.2, 0.25) is 0 Å². The highest BCUT2D eigenvalue weighted by molar-refractivity contribution is 5.85. The first-order valence-electron chi connectivity index (χ1n) is 7.96. The van der Waals surface area contributed by atoms with Crippen LogP contribution in [-0.2, 0) is 4.79 Å². The maximum atomic E-state index is 12.6. The van der Waals surface area contributed by atoms with E-state index in [1.165, 1.54) is 19.3 Å². The molecule has 1 saturated heterocycles. The number of amides is 1. The van der Waals surface area contributed by atoms with Crippen LogP contribution in [0.5, 0.6) is 5.75 Å². The molecule has 2 unspecified atom stereocenters. The van der Waals surface area contributed by atoms with Gasteiger partial charge in [0.05, 0.1) is 0 Å². The number of ether oxygens (including phenoxy) is 1. The molecule has 4 heteroatoms. The molecule has 1 amide bonds. The Labute approximate surface area is 126 Å². The molecule has 1 N–H and O–H groups in total. The van der Waals surface area contributed by atoms with Gasteiger partial charge >= 0.3 is 0 Å². The van der Waals surface area contributed by atoms with E-state index in [9.17, 15) is 4.79 Å². The normalized spacial score (nSPS) is 24.2. The predicted octanol–water partition coefficient (Wildman–Crippen LogP) is 2.15. The molecule has 2 atom stereocenters. The van der Waals surface area contributed by atoms with Crippen LogP contribution in [0.1, 0.15) is 37.2 Å². The number of likely N-dealkylation sites (N-methyl/N-ethyl adjacent to an activating group) is 1. The first-order chi connectivity index (χ1) is 10.3. The van der Waals surface area contributed by atoms with Gasteiger partial charge in [-0.2, -0.15) is 0 Å². The molecule has 0 radical (unpaired) electrons. The summed E-state index contributed by atoms with van der Waals surface area (Å²) in [4.78, 5) is 14.5. The first kappa shape index (κ1) is 14.4. The Balaban J connectivity index is 1.55. The summed E-state index contributed by atoms with van der Waals surface area (Å²) < 4.78 is 5.62. The lowest BCUT2D eigenvalue weighted by atomic mass is 9.99. The third-order valence-electron chi connectivity index (χ3n) is 4.60. The fourth-order valence-corrected chi connectivity index (χ4v) is 3.26. The van der Waals surface area contributed by atoms with Crippen LogP contribution < -0.4 is 10.1 Å². The standard InChI is InChI=1S/C17H24N2O2/c1-19(11-9-13-6-4-5-10-18-13)17(20)15-12-21-16-8-3-2-7-14(15)16/h2-3,7-8,13,15,18H,4-6,9-12H2,1H3. The number of hydrogen-bond acceptors (Lipinski definition) is 3. The molecule has 2 heterocycles. The van der Waals surface area contributed by atoms with E-state index >= 15 is 0 Å². The molecule has 21 heavy (non-hydrogen) atoms. The first-order valence-corrected chi connectivity index (χ1v) is 7.96. The zero-order chi connectivity index (χ0) is 14.7. The molecule has 4 nitrogen and oxygen atoms in total. The fourth-order valence-electron chi connectivity index (χ4n) is 3.26. The Morgan fingerprint density at radius 1 is 1.38 bits per heavy atom. The average Bonchev–Trinajstić information content (AvgIpc) is 2.97. The van der Waals surface area contributed by atoms with Gasteiger partial charge in [0, 0.05) is 25.2 Å². The van der Waals surface area contributed by atoms with Gasteiger partial charge in [-0.1, -0.05) is 24.6 Å². The van der Waals surface area contributed by atoms with Crippen molar-refractivity contribution in [3.8, 4) is 5.75 Å². The van der Waals surface area contributed by atoms with Gasteiger partial charge in [0.25, 0.3) is 0 Å². The minimum atomic E-state index is -0.134. The lowest BCUT2D eigenvalue weighted by Gasteiger charge is -2.27. The zero-order valence-electron chi connectivity index (χ0n) is 12.7. The van der Waals surface area contributed by atoms with Crippen LogP contribution in [0.15, 0.2) is 24.3 Å². The van der Waals surface area contributed by atoms with E-state index in [4.69, 9.17) is 4.74 Å². The monoisotopic (exact) mass is 288 g/mol. The maximum Gasteiger partial charge on any atom is 0.233 e. The second kappa shape index (κ2) is 6.48. The van der Waals surface area contributed by atoms with Gasteiger partial charge in [0.2, 0.25) is 5.91 Å². The summed E-state index contributed by atoms with van der Waals surface area (Å²) in [7, 11) is 1.91. The number of nitrogens with one attached hydrogen (secondary N) is 1. The lowest BCUT2D eigenvalue weighted by Crippen LogP contribution is -2.39. The van der Waals surface area contributed by atoms with Gasteiger partial charge < -0.3 is 15.0 Å². The highest BCUT2D eigenvalue weighted by atomic mass is 16.5. The van der Waals surface area contributed by atoms with Crippen molar-refractivity contribution in [2.75, 3.05) is 26.7 Å². The van der Waals surface area contributed by atoms with Crippen LogP contribution in [0.4, 0.5) is 0 Å². The van der Waals surface area contributed by atoms with Crippen LogP contribution in [0, 0.1) is 0 Å². The van der Waals surface area contributed by atoms with Crippen molar-refractivity contribution in [2.45, 2.75) is 37.6 Å². The Hall–Kier alpha value is -1.55. The van der Waals surface area contributed by atoms with Gasteiger partial charge in [0.15, 0.2) is 0 Å². The number of hydrogen-bond donors (Lipinski definition) is 1. The van der Waals surface area contributed by atoms with Gasteiger partial charge in [0.1, 0.15) is 18.3 Å². The van der Waals surface area contributed by atoms with Crippen LogP contribution in [-0.4, -0.2) is 43.6 Å². The van der Waals surface area contributed by atoms with E-state index in [1.807, 2.05) is 36.2 Å². The van der Waals surface area contributed by atoms with Crippen molar-refractivity contribution in [1.82, 2.24) is 10.2 Å². The summed E-state index contributed by atoms with van der Waals surface area (Å²) in [6.07, 6.45) is 4.86. The van der Waals surface area contributed by atoms with Gasteiger partial charge in [-0.3, -0.25) is 4.79 Å². The molecule has 1 aromatic rings. The number of carbonyl (C=O) groups is 1. The average molecular weight is 288 g/mol. The lowest BCUT2D eigenvalue weighted by molar-refractivity contribution is -0.131. The highest BCUT2D eigenvalue weighted by Gasteiger charge is 2.32. The van der Waals surface area contributed by atoms with Crippen molar-refractivity contribution in [1.29, 1.82) is 0 Å². The summed E-state index contributed by atoms with van der Waals surface area (Å²) in [5.74, 6) is 0.902. The van der Waals surface area contributed by atoms with E-state index in [1.54, 1.807) is 0 Å². The minimum Gasteiger partial charge on any atom is -0.492 e. The minimum absolute atomic E-state index is 0.134. The van der Waals surface area contributed by atoms with Crippen LogP contribution in [0.3, 0.4) is 0 Å². The quantitative estimate of drug-likeness (QED) is 0.923. The Morgan fingerprint density at radius 2 is 2.24 bits per heavy atom. The fraction of sp³-hybridized carbons (Fsp3) is 0.588. The summed E-state index contributed by atoms with van der Waals surface area (Å²) in [5, 5.41) is 3.54. The highest BCUT2D eigenvalue weighted by Crippen LogP contribution is 2.34. The third-order valence-corrected chi connectivity index (χ3v) is 4.60. The molecule has 2 aliphatic heterocycles. The SMILES string of the molecule is CN(CCC1CCCCN1)C(=O)C1COc2ccccc21. The molecule has 1 aromatic carbocycles. The Bertz CT molecular complexity index is 497. The Morgan fingerprint density at radius 3 is 3.05 bits per heavy atom. The maximum absolute atomic E-state index is 12.6. The number of fused-ring (bicyclic) bond motifs is 1. The number of piperidine rings is 1. The van der Waals surface area contributed by atoms with E-state index in [0.717, 1.165) is 30.8 Å². The molecule has 0 bridgehead atoms. The summed E-state index contributed by atoms with van der Waals surface area (Å²) >= 11 is 0. The number of rotatable bonds is 4. The van der Waals surface area contributed by atoms with E-state index in [-0.39, 0.29) is 11.8 Å². The molecule has 0 spiro atoms. The van der Waals surface area contributed by atoms with Gasteiger partial charge in [-0.15, -0.1) is 0 Å². The van der Waals surface area contributed by atoms with Crippen molar-refractivity contribution >= 4 is 5.91 Å². The van der Waals surface area contributed by atoms with Crippen molar-refractivity contribution < 1.29 is 9.53 Å². The smallest absolute Gasteiger partial charge is 0.233 e. The summed E-state index contributed by atoms with van der Waals surface area (Å²) in [6.45, 7) is 2.41. The number of para-hydroxylation sites is 1. The number of benzene rings is 1. The summed E-state index contributed by atoms with van der Waals surface area (Å²) in [5.41, 5.74) is 1.03. The second-order valence-electron chi connectivity index (χ2n) is 6.10. The van der Waals surface area contributed by atoms with Crippen molar-refractivity contribution in [3.05, 3.63) is 29.8 Å². The van der Waals surface area contributed by atoms with Crippen molar-refractivity contribution in [3.63, 3.8) is 0 Å². The number of carbonyl (C=O) groups excluding carboxylic acids is 1. The summed E-state index contributed by atoms with van der Waals surface area (Å²) in [6, 6.07) is 8.43. The second-order valence-corrected chi connectivity index (χ2v) is 6.10. The number of nitrogens with zero attached hydrogens (tertiary/aromatic N) is 1. The molecule has 0 aromatic heterocycles. The topological polar surface area (TPSA) is 41.6 Å². The molecular weight excluding hydrogens is 264 g/mol. The van der Waals surface area contributed by atoms with Gasteiger partial charge in [-0.05, 0) is 31.9 Å². The van der Waals surface area contributed by atoms with E-state index in [0.29, 0.717) is 12.6 Å². The third kappa shape index (κ3) is 3.21. The molecular formula is C17H24N2O2. The predicted molar refractivity (Wildman–Crippen MR) is 82.6 cm³/mol.